The molecule has 1 rings (SSSR count). The van der Waals surface area contributed by atoms with Crippen molar-refractivity contribution in [2.75, 3.05) is 18.0 Å². The molecule has 0 aliphatic heterocycles. The molecule has 13 heavy (non-hydrogen) atoms. The highest BCUT2D eigenvalue weighted by molar-refractivity contribution is 6.19. The normalized spacial score (nSPS) is 10.2. The number of hydrogen-bond donors (Lipinski definition) is 0. The second kappa shape index (κ2) is 4.01. The highest BCUT2D eigenvalue weighted by Crippen LogP contribution is 2.23. The van der Waals surface area contributed by atoms with E-state index in [1.54, 1.807) is 0 Å². The van der Waals surface area contributed by atoms with Gasteiger partial charge in [-0.25, -0.2) is 0 Å². The minimum absolute atomic E-state index is 0.531. The van der Waals surface area contributed by atoms with E-state index in [0.717, 1.165) is 0 Å². The van der Waals surface area contributed by atoms with Crippen LogP contribution in [-0.2, 0) is 0 Å². The van der Waals surface area contributed by atoms with Gasteiger partial charge in [0.25, 0.3) is 0 Å². The minimum Gasteiger partial charge on any atom is -0.361 e. The fourth-order valence-electron chi connectivity index (χ4n) is 1.42. The zero-order valence-corrected chi connectivity index (χ0v) is 9.44. The first-order valence-corrected chi connectivity index (χ1v) is 4.94. The second-order valence-electron chi connectivity index (χ2n) is 3.54. The van der Waals surface area contributed by atoms with Gasteiger partial charge in [-0.15, -0.1) is 11.6 Å². The van der Waals surface area contributed by atoms with Gasteiger partial charge in [0.2, 0.25) is 0 Å². The summed E-state index contributed by atoms with van der Waals surface area (Å²) in [4.78, 5) is 2.04. The Morgan fingerprint density at radius 2 is 1.62 bits per heavy atom. The summed E-state index contributed by atoms with van der Waals surface area (Å²) in [6.07, 6.45) is 0. The molecular weight excluding hydrogens is 182 g/mol. The zero-order chi connectivity index (χ0) is 10.0. The van der Waals surface area contributed by atoms with Crippen molar-refractivity contribution in [1.82, 2.24) is 0 Å². The van der Waals surface area contributed by atoms with Crippen molar-refractivity contribution in [2.45, 2.75) is 20.8 Å². The third-order valence-corrected chi connectivity index (χ3v) is 2.76. The average molecular weight is 198 g/mol. The molecular formula is C11H16ClN. The van der Waals surface area contributed by atoms with E-state index in [2.05, 4.69) is 32.9 Å². The number of alkyl halides is 1. The molecule has 1 aromatic rings. The van der Waals surface area contributed by atoms with Crippen LogP contribution in [0.2, 0.25) is 0 Å². The smallest absolute Gasteiger partial charge is 0.0925 e. The van der Waals surface area contributed by atoms with E-state index < -0.39 is 0 Å². The summed E-state index contributed by atoms with van der Waals surface area (Å²) in [5.74, 6) is 0. The van der Waals surface area contributed by atoms with Gasteiger partial charge in [0.15, 0.2) is 0 Å². The van der Waals surface area contributed by atoms with Crippen molar-refractivity contribution >= 4 is 17.3 Å². The molecule has 72 valence electrons. The molecule has 0 saturated carbocycles. The van der Waals surface area contributed by atoms with Crippen LogP contribution in [0.3, 0.4) is 0 Å². The summed E-state index contributed by atoms with van der Waals surface area (Å²) in [6, 6.07) is 4.92. The maximum Gasteiger partial charge on any atom is 0.0925 e. The van der Waals surface area contributed by atoms with Gasteiger partial charge in [0.05, 0.1) is 6.00 Å². The lowest BCUT2D eigenvalue weighted by atomic mass is 10.0. The molecule has 0 heterocycles. The van der Waals surface area contributed by atoms with Gasteiger partial charge in [0.1, 0.15) is 0 Å². The Bertz CT molecular complexity index is 307. The molecule has 0 bridgehead atoms. The molecule has 0 N–H and O–H groups in total. The number of halogens is 1. The van der Waals surface area contributed by atoms with E-state index in [-0.39, 0.29) is 0 Å². The fraction of sp³-hybridized carbons (Fsp3) is 0.455. The first kappa shape index (κ1) is 10.4. The molecule has 0 aliphatic carbocycles. The highest BCUT2D eigenvalue weighted by Gasteiger charge is 2.04. The van der Waals surface area contributed by atoms with Crippen molar-refractivity contribution in [3.05, 3.63) is 28.8 Å². The summed E-state index contributed by atoms with van der Waals surface area (Å²) >= 11 is 5.78. The number of nitrogens with zero attached hydrogens (tertiary/aromatic N) is 1. The summed E-state index contributed by atoms with van der Waals surface area (Å²) in [7, 11) is 2.00. The summed E-state index contributed by atoms with van der Waals surface area (Å²) < 4.78 is 0. The van der Waals surface area contributed by atoms with E-state index in [0.29, 0.717) is 6.00 Å². The Labute approximate surface area is 85.3 Å². The molecule has 0 radical (unpaired) electrons. The maximum absolute atomic E-state index is 5.78. The molecule has 1 nitrogen and oxygen atoms in total. The average Bonchev–Trinajstić information content (AvgIpc) is 2.10. The number of benzene rings is 1. The van der Waals surface area contributed by atoms with Crippen LogP contribution in [0.25, 0.3) is 0 Å². The molecule has 0 spiro atoms. The monoisotopic (exact) mass is 197 g/mol. The van der Waals surface area contributed by atoms with Crippen LogP contribution in [0, 0.1) is 20.8 Å². The summed E-state index contributed by atoms with van der Waals surface area (Å²) in [5, 5.41) is 0. The van der Waals surface area contributed by atoms with Crippen molar-refractivity contribution in [2.24, 2.45) is 0 Å². The van der Waals surface area contributed by atoms with E-state index in [1.165, 1.54) is 22.4 Å². The van der Waals surface area contributed by atoms with Gasteiger partial charge < -0.3 is 4.90 Å². The van der Waals surface area contributed by atoms with Crippen LogP contribution in [0.5, 0.6) is 0 Å². The summed E-state index contributed by atoms with van der Waals surface area (Å²) in [6.45, 7) is 6.37. The third-order valence-electron chi connectivity index (χ3n) is 2.40. The predicted molar refractivity (Wildman–Crippen MR) is 59.8 cm³/mol. The van der Waals surface area contributed by atoms with E-state index in [1.807, 2.05) is 11.9 Å². The largest absolute Gasteiger partial charge is 0.361 e. The topological polar surface area (TPSA) is 3.24 Å². The third kappa shape index (κ3) is 2.16. The zero-order valence-electron chi connectivity index (χ0n) is 8.69. The molecule has 0 aliphatic rings. The van der Waals surface area contributed by atoms with E-state index in [4.69, 9.17) is 11.6 Å². The van der Waals surface area contributed by atoms with Crippen LogP contribution in [0.15, 0.2) is 12.1 Å². The molecule has 0 saturated heterocycles. The molecule has 0 aromatic heterocycles. The Kier molecular flexibility index (Phi) is 3.21. The van der Waals surface area contributed by atoms with Crippen molar-refractivity contribution in [1.29, 1.82) is 0 Å². The van der Waals surface area contributed by atoms with Crippen molar-refractivity contribution < 1.29 is 0 Å². The molecule has 1 aromatic carbocycles. The fourth-order valence-corrected chi connectivity index (χ4v) is 1.55. The van der Waals surface area contributed by atoms with Gasteiger partial charge in [-0.3, -0.25) is 0 Å². The van der Waals surface area contributed by atoms with Gasteiger partial charge in [-0.2, -0.15) is 0 Å². The lowest BCUT2D eigenvalue weighted by molar-refractivity contribution is 1.07. The maximum atomic E-state index is 5.78. The van der Waals surface area contributed by atoms with Crippen molar-refractivity contribution in [3.63, 3.8) is 0 Å². The lowest BCUT2D eigenvalue weighted by Gasteiger charge is -2.19. The first-order chi connectivity index (χ1) is 6.06. The number of hydrogen-bond acceptors (Lipinski definition) is 1. The van der Waals surface area contributed by atoms with Crippen LogP contribution in [0.4, 0.5) is 5.69 Å². The molecule has 0 amide bonds. The highest BCUT2D eigenvalue weighted by atomic mass is 35.5. The Morgan fingerprint density at radius 1 is 1.08 bits per heavy atom. The van der Waals surface area contributed by atoms with Crippen molar-refractivity contribution in [3.8, 4) is 0 Å². The lowest BCUT2D eigenvalue weighted by Crippen LogP contribution is -2.15. The minimum atomic E-state index is 0.531. The van der Waals surface area contributed by atoms with Gasteiger partial charge >= 0.3 is 0 Å². The molecule has 0 fully saturated rings. The van der Waals surface area contributed by atoms with Crippen LogP contribution >= 0.6 is 11.6 Å². The number of rotatable bonds is 2. The second-order valence-corrected chi connectivity index (χ2v) is 3.78. The Morgan fingerprint density at radius 3 is 2.15 bits per heavy atom. The van der Waals surface area contributed by atoms with Gasteiger partial charge in [0, 0.05) is 12.7 Å². The Balaban J connectivity index is 3.15. The predicted octanol–water partition coefficient (Wildman–Crippen LogP) is 3.24. The van der Waals surface area contributed by atoms with Crippen LogP contribution in [0.1, 0.15) is 16.7 Å². The molecule has 0 atom stereocenters. The SMILES string of the molecule is Cc1cc(C)c(N(C)CCl)cc1C. The first-order valence-electron chi connectivity index (χ1n) is 4.41. The summed E-state index contributed by atoms with van der Waals surface area (Å²) in [5.41, 5.74) is 5.16. The standard InChI is InChI=1S/C11H16ClN/c1-8-5-10(3)11(6-9(8)2)13(4)7-12/h5-6H,7H2,1-4H3. The van der Waals surface area contributed by atoms with Gasteiger partial charge in [-0.05, 0) is 43.5 Å². The van der Waals surface area contributed by atoms with Crippen LogP contribution in [-0.4, -0.2) is 13.1 Å². The number of aryl methyl sites for hydroxylation is 3. The molecule has 2 heteroatoms. The quantitative estimate of drug-likeness (QED) is 0.520. The molecule has 0 unspecified atom stereocenters. The van der Waals surface area contributed by atoms with E-state index >= 15 is 0 Å². The van der Waals surface area contributed by atoms with Crippen LogP contribution < -0.4 is 4.90 Å². The Hall–Kier alpha value is -0.690. The van der Waals surface area contributed by atoms with E-state index in [9.17, 15) is 0 Å². The van der Waals surface area contributed by atoms with Gasteiger partial charge in [-0.1, -0.05) is 6.07 Å². The number of anilines is 1.